The number of fused-ring (bicyclic) bond motifs is 2. The molecule has 2 aromatic heterocycles. The molecule has 0 bridgehead atoms. The molecule has 0 spiro atoms. The van der Waals surface area contributed by atoms with Crippen LogP contribution in [-0.4, -0.2) is 27.8 Å². The SMILES string of the molecule is CCOC(=O)C1=Nc2cc3c(CC)c(C)c(O)n3c(=O)c2=C1C. The summed E-state index contributed by atoms with van der Waals surface area (Å²) in [6.45, 7) is 7.38. The van der Waals surface area contributed by atoms with Gasteiger partial charge in [0.1, 0.15) is 0 Å². The highest BCUT2D eigenvalue weighted by molar-refractivity contribution is 6.53. The van der Waals surface area contributed by atoms with Gasteiger partial charge in [0, 0.05) is 5.56 Å². The zero-order chi connectivity index (χ0) is 16.9. The molecule has 6 heteroatoms. The lowest BCUT2D eigenvalue weighted by Gasteiger charge is -2.01. The van der Waals surface area contributed by atoms with Crippen LogP contribution in [0.1, 0.15) is 31.9 Å². The lowest BCUT2D eigenvalue weighted by Crippen LogP contribution is -2.32. The number of hydrogen-bond acceptors (Lipinski definition) is 5. The van der Waals surface area contributed by atoms with E-state index in [-0.39, 0.29) is 23.8 Å². The smallest absolute Gasteiger partial charge is 0.357 e. The third kappa shape index (κ3) is 1.98. The minimum atomic E-state index is -0.540. The van der Waals surface area contributed by atoms with Gasteiger partial charge in [0.15, 0.2) is 5.71 Å². The zero-order valence-corrected chi connectivity index (χ0v) is 13.6. The molecule has 0 saturated carbocycles. The first-order valence-electron chi connectivity index (χ1n) is 7.59. The molecule has 23 heavy (non-hydrogen) atoms. The molecule has 120 valence electrons. The maximum Gasteiger partial charge on any atom is 0.357 e. The molecule has 0 unspecified atom stereocenters. The van der Waals surface area contributed by atoms with Crippen LogP contribution in [0.15, 0.2) is 15.9 Å². The number of pyridine rings is 1. The maximum atomic E-state index is 12.8. The predicted octanol–water partition coefficient (Wildman–Crippen LogP) is 1.41. The summed E-state index contributed by atoms with van der Waals surface area (Å²) >= 11 is 0. The van der Waals surface area contributed by atoms with Crippen molar-refractivity contribution >= 4 is 28.5 Å². The molecule has 3 rings (SSSR count). The Bertz CT molecular complexity index is 983. The van der Waals surface area contributed by atoms with Gasteiger partial charge >= 0.3 is 5.97 Å². The van der Waals surface area contributed by atoms with Crippen LogP contribution in [0.25, 0.3) is 11.1 Å². The molecule has 1 aliphatic rings. The van der Waals surface area contributed by atoms with Crippen LogP contribution in [0.3, 0.4) is 0 Å². The summed E-state index contributed by atoms with van der Waals surface area (Å²) in [5.41, 5.74) is 2.96. The van der Waals surface area contributed by atoms with Gasteiger partial charge in [-0.25, -0.2) is 14.2 Å². The summed E-state index contributed by atoms with van der Waals surface area (Å²) in [5, 5.41) is 10.6. The molecule has 3 heterocycles. The molecule has 0 aliphatic carbocycles. The Morgan fingerprint density at radius 2 is 2.04 bits per heavy atom. The van der Waals surface area contributed by atoms with E-state index >= 15 is 0 Å². The fraction of sp³-hybridized carbons (Fsp3) is 0.353. The third-order valence-corrected chi connectivity index (χ3v) is 4.28. The van der Waals surface area contributed by atoms with Crippen LogP contribution in [0, 0.1) is 6.92 Å². The second-order valence-corrected chi connectivity index (χ2v) is 5.52. The molecule has 1 aliphatic heterocycles. The third-order valence-electron chi connectivity index (χ3n) is 4.28. The number of aromatic hydroxyl groups is 1. The van der Waals surface area contributed by atoms with E-state index < -0.39 is 5.97 Å². The molecule has 0 aromatic carbocycles. The van der Waals surface area contributed by atoms with Crippen LogP contribution >= 0.6 is 0 Å². The van der Waals surface area contributed by atoms with Crippen LogP contribution in [0.4, 0.5) is 5.69 Å². The molecule has 1 N–H and O–H groups in total. The highest BCUT2D eigenvalue weighted by Gasteiger charge is 2.26. The summed E-state index contributed by atoms with van der Waals surface area (Å²) in [6.07, 6.45) is 0.686. The van der Waals surface area contributed by atoms with E-state index in [1.165, 1.54) is 4.40 Å². The monoisotopic (exact) mass is 314 g/mol. The van der Waals surface area contributed by atoms with Gasteiger partial charge in [-0.15, -0.1) is 0 Å². The van der Waals surface area contributed by atoms with Crippen LogP contribution in [0.2, 0.25) is 0 Å². The first-order chi connectivity index (χ1) is 10.9. The van der Waals surface area contributed by atoms with Crippen LogP contribution in [-0.2, 0) is 16.0 Å². The van der Waals surface area contributed by atoms with Crippen molar-refractivity contribution in [3.63, 3.8) is 0 Å². The van der Waals surface area contributed by atoms with Crippen molar-refractivity contribution in [3.8, 4) is 5.88 Å². The summed E-state index contributed by atoms with van der Waals surface area (Å²) in [6, 6.07) is 1.75. The Labute approximate surface area is 132 Å². The molecule has 0 atom stereocenters. The summed E-state index contributed by atoms with van der Waals surface area (Å²) < 4.78 is 6.28. The normalized spacial score (nSPS) is 13.4. The van der Waals surface area contributed by atoms with Gasteiger partial charge in [0.25, 0.3) is 5.56 Å². The van der Waals surface area contributed by atoms with Gasteiger partial charge in [-0.3, -0.25) is 4.79 Å². The van der Waals surface area contributed by atoms with Gasteiger partial charge in [-0.1, -0.05) is 6.92 Å². The molecule has 6 nitrogen and oxygen atoms in total. The molecule has 0 fully saturated rings. The summed E-state index contributed by atoms with van der Waals surface area (Å²) in [7, 11) is 0. The molecular weight excluding hydrogens is 296 g/mol. The van der Waals surface area contributed by atoms with E-state index in [1.807, 2.05) is 6.92 Å². The second-order valence-electron chi connectivity index (χ2n) is 5.52. The first-order valence-corrected chi connectivity index (χ1v) is 7.59. The summed E-state index contributed by atoms with van der Waals surface area (Å²) in [5.74, 6) is -0.594. The number of aromatic nitrogens is 1. The van der Waals surface area contributed by atoms with Gasteiger partial charge in [-0.05, 0) is 44.4 Å². The van der Waals surface area contributed by atoms with E-state index in [4.69, 9.17) is 4.74 Å². The van der Waals surface area contributed by atoms with E-state index in [9.17, 15) is 14.7 Å². The Hall–Kier alpha value is -2.63. The van der Waals surface area contributed by atoms with Crippen molar-refractivity contribution < 1.29 is 14.6 Å². The Kier molecular flexibility index (Phi) is 3.47. The van der Waals surface area contributed by atoms with Crippen molar-refractivity contribution in [2.75, 3.05) is 6.61 Å². The van der Waals surface area contributed by atoms with Gasteiger partial charge in [0.2, 0.25) is 5.88 Å². The Morgan fingerprint density at radius 1 is 1.35 bits per heavy atom. The topological polar surface area (TPSA) is 80.4 Å². The predicted molar refractivity (Wildman–Crippen MR) is 87.5 cm³/mol. The molecule has 0 saturated heterocycles. The number of carbonyl (C=O) groups excluding carboxylic acids is 1. The van der Waals surface area contributed by atoms with Crippen molar-refractivity contribution in [2.24, 2.45) is 4.99 Å². The Balaban J connectivity index is 2.37. The number of ether oxygens (including phenoxy) is 1. The Morgan fingerprint density at radius 3 is 2.65 bits per heavy atom. The van der Waals surface area contributed by atoms with Gasteiger partial charge in [0.05, 0.1) is 23.0 Å². The fourth-order valence-corrected chi connectivity index (χ4v) is 3.13. The van der Waals surface area contributed by atoms with Crippen molar-refractivity contribution in [1.82, 2.24) is 4.40 Å². The minimum Gasteiger partial charge on any atom is -0.494 e. The number of nitrogens with zero attached hydrogens (tertiary/aromatic N) is 2. The number of carbonyl (C=O) groups is 1. The lowest BCUT2D eigenvalue weighted by atomic mass is 10.1. The second kappa shape index (κ2) is 5.22. The molecular formula is C17H18N2O4. The lowest BCUT2D eigenvalue weighted by molar-refractivity contribution is -0.134. The number of aliphatic imine (C=N–C) groups is 1. The van der Waals surface area contributed by atoms with E-state index in [1.54, 1.807) is 26.8 Å². The van der Waals surface area contributed by atoms with E-state index in [0.717, 1.165) is 5.56 Å². The first kappa shape index (κ1) is 15.3. The largest absolute Gasteiger partial charge is 0.494 e. The van der Waals surface area contributed by atoms with Crippen molar-refractivity contribution in [1.29, 1.82) is 0 Å². The number of hydrogen-bond donors (Lipinski definition) is 1. The quantitative estimate of drug-likeness (QED) is 0.869. The molecule has 0 amide bonds. The average molecular weight is 314 g/mol. The highest BCUT2D eigenvalue weighted by Crippen LogP contribution is 2.29. The average Bonchev–Trinajstić information content (AvgIpc) is 2.96. The van der Waals surface area contributed by atoms with Crippen molar-refractivity contribution in [2.45, 2.75) is 34.1 Å². The van der Waals surface area contributed by atoms with Crippen molar-refractivity contribution in [3.05, 3.63) is 32.8 Å². The minimum absolute atomic E-state index is 0.0537. The van der Waals surface area contributed by atoms with Gasteiger partial charge < -0.3 is 9.84 Å². The number of esters is 1. The standard InChI is InChI=1S/C17H18N2O4/c1-5-10-8(3)15(20)19-12(10)7-11-13(16(19)21)9(4)14(18-11)17(22)23-6-2/h7,20H,5-6H2,1-4H3. The van der Waals surface area contributed by atoms with E-state index in [0.29, 0.717) is 34.0 Å². The van der Waals surface area contributed by atoms with Gasteiger partial charge in [-0.2, -0.15) is 0 Å². The van der Waals surface area contributed by atoms with Crippen LogP contribution < -0.4 is 10.8 Å². The fourth-order valence-electron chi connectivity index (χ4n) is 3.13. The number of rotatable bonds is 3. The summed E-state index contributed by atoms with van der Waals surface area (Å²) in [4.78, 5) is 29.1. The highest BCUT2D eigenvalue weighted by atomic mass is 16.5. The maximum absolute atomic E-state index is 12.8. The zero-order valence-electron chi connectivity index (χ0n) is 13.6. The van der Waals surface area contributed by atoms with E-state index in [2.05, 4.69) is 4.99 Å². The molecule has 2 aromatic rings. The van der Waals surface area contributed by atoms with Crippen LogP contribution in [0.5, 0.6) is 5.88 Å². The number of aryl methyl sites for hydroxylation is 1. The molecule has 0 radical (unpaired) electrons.